The second kappa shape index (κ2) is 6.52. The normalized spacial score (nSPS) is 10.7. The van der Waals surface area contributed by atoms with Crippen molar-refractivity contribution in [2.24, 2.45) is 0 Å². The van der Waals surface area contributed by atoms with Crippen LogP contribution in [0, 0.1) is 0 Å². The molecule has 0 spiro atoms. The maximum Gasteiger partial charge on any atom is 0.325 e. The van der Waals surface area contributed by atoms with E-state index in [9.17, 15) is 9.59 Å². The molecule has 0 unspecified atom stereocenters. The fourth-order valence-corrected chi connectivity index (χ4v) is 1.83. The molecular formula is C13H14ClN5O3. The van der Waals surface area contributed by atoms with E-state index in [1.165, 1.54) is 23.1 Å². The van der Waals surface area contributed by atoms with E-state index in [2.05, 4.69) is 20.4 Å². The molecule has 2 rings (SSSR count). The molecule has 2 N–H and O–H groups in total. The zero-order valence-electron chi connectivity index (χ0n) is 11.9. The highest BCUT2D eigenvalue weighted by molar-refractivity contribution is 6.33. The second-order valence-electron chi connectivity index (χ2n) is 4.83. The number of anilines is 1. The van der Waals surface area contributed by atoms with Gasteiger partial charge < -0.3 is 10.4 Å². The van der Waals surface area contributed by atoms with Gasteiger partial charge in [0, 0.05) is 18.2 Å². The van der Waals surface area contributed by atoms with Crippen molar-refractivity contribution in [2.75, 3.05) is 5.32 Å². The summed E-state index contributed by atoms with van der Waals surface area (Å²) in [5, 5.41) is 15.2. The van der Waals surface area contributed by atoms with Crippen molar-refractivity contribution in [3.63, 3.8) is 0 Å². The fraction of sp³-hybridized carbons (Fsp3) is 0.308. The number of aromatic nitrogens is 4. The highest BCUT2D eigenvalue weighted by Gasteiger charge is 2.16. The number of carboxylic acid groups (broad SMARTS) is 1. The monoisotopic (exact) mass is 323 g/mol. The van der Waals surface area contributed by atoms with Gasteiger partial charge in [0.25, 0.3) is 5.91 Å². The number of carbonyl (C=O) groups is 2. The molecule has 8 nitrogen and oxygen atoms in total. The van der Waals surface area contributed by atoms with Gasteiger partial charge in [0.1, 0.15) is 12.4 Å². The Morgan fingerprint density at radius 3 is 2.82 bits per heavy atom. The molecule has 2 aromatic heterocycles. The van der Waals surface area contributed by atoms with Gasteiger partial charge in [0.15, 0.2) is 11.5 Å². The molecule has 0 radical (unpaired) electrons. The number of nitrogens with one attached hydrogen (secondary N) is 1. The van der Waals surface area contributed by atoms with Crippen LogP contribution in [-0.4, -0.2) is 36.7 Å². The van der Waals surface area contributed by atoms with Crippen LogP contribution in [0.15, 0.2) is 18.5 Å². The molecule has 0 fully saturated rings. The van der Waals surface area contributed by atoms with E-state index in [1.54, 1.807) is 0 Å². The van der Waals surface area contributed by atoms with Gasteiger partial charge in [-0.25, -0.2) is 9.97 Å². The molecule has 0 atom stereocenters. The summed E-state index contributed by atoms with van der Waals surface area (Å²) >= 11 is 5.95. The van der Waals surface area contributed by atoms with E-state index in [4.69, 9.17) is 16.7 Å². The first kappa shape index (κ1) is 15.9. The van der Waals surface area contributed by atoms with Crippen LogP contribution >= 0.6 is 11.6 Å². The van der Waals surface area contributed by atoms with Crippen molar-refractivity contribution >= 4 is 29.3 Å². The number of rotatable bonds is 5. The van der Waals surface area contributed by atoms with Crippen LogP contribution in [0.2, 0.25) is 5.02 Å². The molecule has 0 aliphatic carbocycles. The summed E-state index contributed by atoms with van der Waals surface area (Å²) in [7, 11) is 0. The molecular weight excluding hydrogens is 310 g/mol. The summed E-state index contributed by atoms with van der Waals surface area (Å²) in [4.78, 5) is 31.0. The number of carboxylic acids is 1. The fourth-order valence-electron chi connectivity index (χ4n) is 1.65. The van der Waals surface area contributed by atoms with E-state index < -0.39 is 11.9 Å². The Morgan fingerprint density at radius 1 is 1.45 bits per heavy atom. The van der Waals surface area contributed by atoms with Crippen molar-refractivity contribution in [3.8, 4) is 0 Å². The highest BCUT2D eigenvalue weighted by atomic mass is 35.5. The summed E-state index contributed by atoms with van der Waals surface area (Å²) in [6.45, 7) is 3.51. The Labute approximate surface area is 131 Å². The Morgan fingerprint density at radius 2 is 2.18 bits per heavy atom. The van der Waals surface area contributed by atoms with Crippen LogP contribution in [0.5, 0.6) is 0 Å². The molecule has 0 saturated carbocycles. The van der Waals surface area contributed by atoms with E-state index in [1.807, 2.05) is 13.8 Å². The molecule has 22 heavy (non-hydrogen) atoms. The van der Waals surface area contributed by atoms with Crippen molar-refractivity contribution in [3.05, 3.63) is 35.0 Å². The molecule has 2 heterocycles. The molecule has 0 saturated heterocycles. The predicted octanol–water partition coefficient (Wildman–Crippen LogP) is 1.79. The average molecular weight is 324 g/mol. The molecule has 9 heteroatoms. The Kier molecular flexibility index (Phi) is 4.71. The van der Waals surface area contributed by atoms with Gasteiger partial charge in [-0.3, -0.25) is 14.3 Å². The van der Waals surface area contributed by atoms with Crippen LogP contribution < -0.4 is 5.32 Å². The molecule has 0 bridgehead atoms. The Hall–Kier alpha value is -2.48. The first-order valence-corrected chi connectivity index (χ1v) is 6.83. The summed E-state index contributed by atoms with van der Waals surface area (Å²) < 4.78 is 1.19. The maximum absolute atomic E-state index is 12.2. The minimum Gasteiger partial charge on any atom is -0.480 e. The third-order valence-electron chi connectivity index (χ3n) is 2.67. The maximum atomic E-state index is 12.2. The van der Waals surface area contributed by atoms with Gasteiger partial charge in [0.2, 0.25) is 0 Å². The van der Waals surface area contributed by atoms with Crippen molar-refractivity contribution < 1.29 is 14.7 Å². The van der Waals surface area contributed by atoms with E-state index in [0.29, 0.717) is 5.82 Å². The smallest absolute Gasteiger partial charge is 0.325 e. The molecule has 0 aliphatic rings. The predicted molar refractivity (Wildman–Crippen MR) is 78.9 cm³/mol. The number of halogens is 1. The summed E-state index contributed by atoms with van der Waals surface area (Å²) in [6, 6.07) is 1.49. The zero-order valence-corrected chi connectivity index (χ0v) is 12.7. The third-order valence-corrected chi connectivity index (χ3v) is 2.95. The van der Waals surface area contributed by atoms with Crippen LogP contribution in [0.1, 0.15) is 36.1 Å². The van der Waals surface area contributed by atoms with Crippen molar-refractivity contribution in [1.29, 1.82) is 0 Å². The molecule has 0 aliphatic heterocycles. The zero-order chi connectivity index (χ0) is 16.3. The van der Waals surface area contributed by atoms with E-state index in [-0.39, 0.29) is 29.0 Å². The van der Waals surface area contributed by atoms with Gasteiger partial charge in [-0.1, -0.05) is 25.4 Å². The largest absolute Gasteiger partial charge is 0.480 e. The number of amides is 1. The number of carbonyl (C=O) groups excluding carboxylic acids is 1. The lowest BCUT2D eigenvalue weighted by atomic mass is 10.2. The first-order chi connectivity index (χ1) is 10.4. The number of hydrogen-bond acceptors (Lipinski definition) is 5. The summed E-state index contributed by atoms with van der Waals surface area (Å²) in [5.74, 6) is -0.784. The van der Waals surface area contributed by atoms with Crippen LogP contribution in [0.4, 0.5) is 5.82 Å². The topological polar surface area (TPSA) is 110 Å². The van der Waals surface area contributed by atoms with Crippen LogP contribution in [-0.2, 0) is 11.3 Å². The lowest BCUT2D eigenvalue weighted by Crippen LogP contribution is -2.17. The second-order valence-corrected chi connectivity index (χ2v) is 5.23. The molecule has 2 aromatic rings. The lowest BCUT2D eigenvalue weighted by Gasteiger charge is -2.07. The first-order valence-electron chi connectivity index (χ1n) is 6.46. The van der Waals surface area contributed by atoms with Crippen molar-refractivity contribution in [2.45, 2.75) is 26.3 Å². The minimum atomic E-state index is -1.03. The number of aliphatic carboxylic acids is 1. The Balaban J connectivity index is 2.16. The summed E-state index contributed by atoms with van der Waals surface area (Å²) in [6.07, 6.45) is 2.83. The average Bonchev–Trinajstić information content (AvgIpc) is 2.85. The van der Waals surface area contributed by atoms with Gasteiger partial charge in [-0.05, 0) is 0 Å². The van der Waals surface area contributed by atoms with E-state index in [0.717, 1.165) is 0 Å². The van der Waals surface area contributed by atoms with Crippen LogP contribution in [0.3, 0.4) is 0 Å². The standard InChI is InChI=1S/C13H14ClN5O3/c1-7(2)12-15-5-8(14)11(17-12)13(22)16-9-3-4-19(18-9)6-10(20)21/h3-5,7H,6H2,1-2H3,(H,20,21)(H,16,18,22). The van der Waals surface area contributed by atoms with Gasteiger partial charge in [0.05, 0.1) is 11.2 Å². The number of nitrogens with zero attached hydrogens (tertiary/aromatic N) is 4. The molecule has 0 aromatic carbocycles. The Bertz CT molecular complexity index is 713. The number of hydrogen-bond donors (Lipinski definition) is 2. The SMILES string of the molecule is CC(C)c1ncc(Cl)c(C(=O)Nc2ccn(CC(=O)O)n2)n1. The highest BCUT2D eigenvalue weighted by Crippen LogP contribution is 2.17. The minimum absolute atomic E-state index is 0.0492. The third kappa shape index (κ3) is 3.79. The summed E-state index contributed by atoms with van der Waals surface area (Å²) in [5.41, 5.74) is 0.0492. The lowest BCUT2D eigenvalue weighted by molar-refractivity contribution is -0.137. The quantitative estimate of drug-likeness (QED) is 0.868. The molecule has 116 valence electrons. The van der Waals surface area contributed by atoms with Gasteiger partial charge in [-0.15, -0.1) is 0 Å². The van der Waals surface area contributed by atoms with Gasteiger partial charge >= 0.3 is 5.97 Å². The van der Waals surface area contributed by atoms with Gasteiger partial charge in [-0.2, -0.15) is 5.10 Å². The molecule has 1 amide bonds. The van der Waals surface area contributed by atoms with Crippen molar-refractivity contribution in [1.82, 2.24) is 19.7 Å². The van der Waals surface area contributed by atoms with E-state index >= 15 is 0 Å². The van der Waals surface area contributed by atoms with Crippen LogP contribution in [0.25, 0.3) is 0 Å².